The zero-order chi connectivity index (χ0) is 34.5. The number of esters is 1. The van der Waals surface area contributed by atoms with Crippen LogP contribution in [-0.4, -0.2) is 43.3 Å². The lowest BCUT2D eigenvalue weighted by Gasteiger charge is -2.19. The molecule has 0 aliphatic heterocycles. The maximum absolute atomic E-state index is 12.5. The number of ether oxygens (including phenoxy) is 2. The Morgan fingerprint density at radius 3 is 1.57 bits per heavy atom. The predicted octanol–water partition coefficient (Wildman–Crippen LogP) is 11.3. The fraction of sp³-hybridized carbons (Fsp3) is 0.868. The van der Waals surface area contributed by atoms with Crippen molar-refractivity contribution >= 4 is 13.8 Å². The van der Waals surface area contributed by atoms with Crippen molar-refractivity contribution < 1.29 is 32.8 Å². The van der Waals surface area contributed by atoms with E-state index in [1.165, 1.54) is 122 Å². The third kappa shape index (κ3) is 35.9. The van der Waals surface area contributed by atoms with Crippen LogP contribution in [0.2, 0.25) is 0 Å². The summed E-state index contributed by atoms with van der Waals surface area (Å²) in [6, 6.07) is 0. The molecule has 3 N–H and O–H groups in total. The standard InChI is InChI=1S/C38H74NO7P/c1-3-5-7-9-11-13-15-17-18-19-20-22-24-26-28-30-33-43-35-37(36-45-47(41,42)44-34-32-39)46-38(40)31-29-27-25-23-21-16-14-12-10-8-6-4-2/h17-18,30,33,37H,3-16,19-29,31-32,34-36,39H2,1-2H3,(H,41,42)/t37-/m1/s1. The number of rotatable bonds is 37. The fourth-order valence-electron chi connectivity index (χ4n) is 5.31. The molecule has 0 aromatic carbocycles. The summed E-state index contributed by atoms with van der Waals surface area (Å²) < 4.78 is 33.0. The number of nitrogens with two attached hydrogens (primary N) is 1. The number of hydrogen-bond donors (Lipinski definition) is 2. The van der Waals surface area contributed by atoms with E-state index in [2.05, 4.69) is 26.0 Å². The van der Waals surface area contributed by atoms with Gasteiger partial charge in [0.2, 0.25) is 0 Å². The zero-order valence-electron chi connectivity index (χ0n) is 30.5. The third-order valence-corrected chi connectivity index (χ3v) is 9.17. The topological polar surface area (TPSA) is 117 Å². The molecule has 0 spiro atoms. The maximum atomic E-state index is 12.5. The number of carbonyl (C=O) groups is 1. The van der Waals surface area contributed by atoms with Crippen molar-refractivity contribution in [2.75, 3.05) is 26.4 Å². The molecular weight excluding hydrogens is 613 g/mol. The van der Waals surface area contributed by atoms with Gasteiger partial charge in [-0.3, -0.25) is 13.8 Å². The summed E-state index contributed by atoms with van der Waals surface area (Å²) >= 11 is 0. The highest BCUT2D eigenvalue weighted by Crippen LogP contribution is 2.43. The second-order valence-corrected chi connectivity index (χ2v) is 14.3. The molecule has 0 aliphatic rings. The van der Waals surface area contributed by atoms with Crippen molar-refractivity contribution in [3.8, 4) is 0 Å². The van der Waals surface area contributed by atoms with E-state index in [-0.39, 0.29) is 32.3 Å². The van der Waals surface area contributed by atoms with E-state index in [9.17, 15) is 14.3 Å². The lowest BCUT2D eigenvalue weighted by Crippen LogP contribution is -2.27. The Labute approximate surface area is 289 Å². The average molecular weight is 688 g/mol. The van der Waals surface area contributed by atoms with E-state index in [1.807, 2.05) is 6.08 Å². The molecule has 0 amide bonds. The van der Waals surface area contributed by atoms with Gasteiger partial charge in [0.15, 0.2) is 6.10 Å². The van der Waals surface area contributed by atoms with Crippen LogP contribution in [0.5, 0.6) is 0 Å². The number of hydrogen-bond acceptors (Lipinski definition) is 7. The molecule has 47 heavy (non-hydrogen) atoms. The summed E-state index contributed by atoms with van der Waals surface area (Å²) in [6.45, 7) is 4.22. The van der Waals surface area contributed by atoms with Gasteiger partial charge in [-0.2, -0.15) is 0 Å². The number of allylic oxidation sites excluding steroid dienone is 3. The van der Waals surface area contributed by atoms with Gasteiger partial charge in [0.05, 0.1) is 19.5 Å². The summed E-state index contributed by atoms with van der Waals surface area (Å²) in [4.78, 5) is 22.3. The highest BCUT2D eigenvalue weighted by molar-refractivity contribution is 7.47. The molecule has 0 heterocycles. The Balaban J connectivity index is 4.14. The monoisotopic (exact) mass is 688 g/mol. The number of phosphoric ester groups is 1. The number of unbranched alkanes of at least 4 members (excludes halogenated alkanes) is 22. The first kappa shape index (κ1) is 45.8. The van der Waals surface area contributed by atoms with E-state index < -0.39 is 13.9 Å². The van der Waals surface area contributed by atoms with Gasteiger partial charge in [-0.25, -0.2) is 4.57 Å². The summed E-state index contributed by atoms with van der Waals surface area (Å²) in [6.07, 6.45) is 38.5. The van der Waals surface area contributed by atoms with Crippen LogP contribution in [0.3, 0.4) is 0 Å². The Kier molecular flexibility index (Phi) is 35.2. The molecule has 0 aromatic rings. The summed E-state index contributed by atoms with van der Waals surface area (Å²) in [5.41, 5.74) is 5.34. The minimum Gasteiger partial charge on any atom is -0.498 e. The minimum absolute atomic E-state index is 0.0304. The SMILES string of the molecule is CCCCCCCCC=CCCCCCCC=COC[C@H](COP(=O)(O)OCCN)OC(=O)CCCCCCCCCCCCCC. The second-order valence-electron chi connectivity index (χ2n) is 12.9. The largest absolute Gasteiger partial charge is 0.498 e. The highest BCUT2D eigenvalue weighted by Gasteiger charge is 2.25. The van der Waals surface area contributed by atoms with Crippen molar-refractivity contribution in [1.82, 2.24) is 0 Å². The van der Waals surface area contributed by atoms with E-state index in [0.29, 0.717) is 6.42 Å². The van der Waals surface area contributed by atoms with Crippen molar-refractivity contribution in [1.29, 1.82) is 0 Å². The van der Waals surface area contributed by atoms with Gasteiger partial charge in [-0.05, 0) is 51.0 Å². The van der Waals surface area contributed by atoms with Crippen molar-refractivity contribution in [2.24, 2.45) is 5.73 Å². The molecule has 0 aliphatic carbocycles. The molecule has 2 atom stereocenters. The maximum Gasteiger partial charge on any atom is 0.472 e. The van der Waals surface area contributed by atoms with Gasteiger partial charge in [-0.15, -0.1) is 0 Å². The van der Waals surface area contributed by atoms with Gasteiger partial charge in [0.1, 0.15) is 6.61 Å². The van der Waals surface area contributed by atoms with Crippen LogP contribution < -0.4 is 5.73 Å². The average Bonchev–Trinajstić information content (AvgIpc) is 3.06. The smallest absolute Gasteiger partial charge is 0.472 e. The van der Waals surface area contributed by atoms with Crippen molar-refractivity contribution in [3.05, 3.63) is 24.5 Å². The molecule has 0 radical (unpaired) electrons. The van der Waals surface area contributed by atoms with Crippen molar-refractivity contribution in [3.63, 3.8) is 0 Å². The van der Waals surface area contributed by atoms with Crippen LogP contribution in [0.25, 0.3) is 0 Å². The van der Waals surface area contributed by atoms with Gasteiger partial charge in [0.25, 0.3) is 0 Å². The number of phosphoric acid groups is 1. The molecule has 278 valence electrons. The normalized spacial score (nSPS) is 13.8. The first-order chi connectivity index (χ1) is 22.9. The molecule has 0 aromatic heterocycles. The molecule has 0 bridgehead atoms. The Bertz CT molecular complexity index is 777. The lowest BCUT2D eigenvalue weighted by atomic mass is 10.0. The molecule has 9 heteroatoms. The van der Waals surface area contributed by atoms with Crippen LogP contribution in [0, 0.1) is 0 Å². The highest BCUT2D eigenvalue weighted by atomic mass is 31.2. The third-order valence-electron chi connectivity index (χ3n) is 8.19. The lowest BCUT2D eigenvalue weighted by molar-refractivity contribution is -0.153. The van der Waals surface area contributed by atoms with Crippen LogP contribution in [0.15, 0.2) is 24.5 Å². The van der Waals surface area contributed by atoms with E-state index in [4.69, 9.17) is 24.3 Å². The quantitative estimate of drug-likeness (QED) is 0.0218. The minimum atomic E-state index is -4.28. The molecular formula is C38H74NO7P. The summed E-state index contributed by atoms with van der Waals surface area (Å²) in [7, 11) is -4.28. The zero-order valence-corrected chi connectivity index (χ0v) is 31.4. The van der Waals surface area contributed by atoms with E-state index in [1.54, 1.807) is 6.26 Å². The Hall–Kier alpha value is -1.18. The predicted molar refractivity (Wildman–Crippen MR) is 196 cm³/mol. The van der Waals surface area contributed by atoms with E-state index >= 15 is 0 Å². The Morgan fingerprint density at radius 2 is 1.09 bits per heavy atom. The first-order valence-electron chi connectivity index (χ1n) is 19.4. The van der Waals surface area contributed by atoms with Crippen LogP contribution in [0.1, 0.15) is 181 Å². The van der Waals surface area contributed by atoms with Gasteiger partial charge in [0, 0.05) is 13.0 Å². The van der Waals surface area contributed by atoms with Crippen LogP contribution in [0.4, 0.5) is 0 Å². The van der Waals surface area contributed by atoms with Crippen molar-refractivity contribution in [2.45, 2.75) is 187 Å². The van der Waals surface area contributed by atoms with Gasteiger partial charge >= 0.3 is 13.8 Å². The summed E-state index contributed by atoms with van der Waals surface area (Å²) in [5.74, 6) is -0.355. The molecule has 0 rings (SSSR count). The van der Waals surface area contributed by atoms with Gasteiger partial charge < -0.3 is 20.1 Å². The molecule has 1 unspecified atom stereocenters. The second kappa shape index (κ2) is 36.1. The van der Waals surface area contributed by atoms with Crippen LogP contribution in [-0.2, 0) is 27.9 Å². The Morgan fingerprint density at radius 1 is 0.638 bits per heavy atom. The molecule has 8 nitrogen and oxygen atoms in total. The molecule has 0 saturated carbocycles. The number of carbonyl (C=O) groups excluding carboxylic acids is 1. The van der Waals surface area contributed by atoms with E-state index in [0.717, 1.165) is 38.5 Å². The fourth-order valence-corrected chi connectivity index (χ4v) is 6.07. The molecule has 0 fully saturated rings. The van der Waals surface area contributed by atoms with Crippen LogP contribution >= 0.6 is 7.82 Å². The summed E-state index contributed by atoms with van der Waals surface area (Å²) in [5, 5.41) is 0. The van der Waals surface area contributed by atoms with Gasteiger partial charge in [-0.1, -0.05) is 142 Å². The first-order valence-corrected chi connectivity index (χ1v) is 20.9. The molecule has 0 saturated heterocycles.